The van der Waals surface area contributed by atoms with Crippen LogP contribution < -0.4 is 10.3 Å². The van der Waals surface area contributed by atoms with Gasteiger partial charge >= 0.3 is 12.1 Å². The molecule has 0 spiro atoms. The fraction of sp³-hybridized carbons (Fsp3) is 0.111. The number of carbonyl (C=O) groups is 3. The number of alkyl halides is 3. The zero-order valence-corrected chi connectivity index (χ0v) is 19.6. The van der Waals surface area contributed by atoms with Gasteiger partial charge in [0.1, 0.15) is 5.70 Å². The number of nitrogens with one attached hydrogen (secondary N) is 1. The van der Waals surface area contributed by atoms with Crippen LogP contribution in [0.4, 0.5) is 18.9 Å². The predicted octanol–water partition coefficient (Wildman–Crippen LogP) is 4.79. The Labute approximate surface area is 210 Å². The monoisotopic (exact) mass is 509 g/mol. The number of amides is 2. The maximum Gasteiger partial charge on any atom is 0.416 e. The number of hydrogen-bond donors (Lipinski definition) is 1. The van der Waals surface area contributed by atoms with E-state index in [0.717, 1.165) is 18.2 Å². The van der Waals surface area contributed by atoms with Gasteiger partial charge in [-0.2, -0.15) is 23.3 Å². The van der Waals surface area contributed by atoms with Crippen molar-refractivity contribution in [2.45, 2.75) is 13.1 Å². The highest BCUT2D eigenvalue weighted by Gasteiger charge is 2.31. The number of nitrogens with zero attached hydrogens (tertiary/aromatic N) is 2. The summed E-state index contributed by atoms with van der Waals surface area (Å²) < 4.78 is 44.9. The summed E-state index contributed by atoms with van der Waals surface area (Å²) in [5.41, 5.74) is -0.195. The first-order valence-corrected chi connectivity index (χ1v) is 10.9. The SMILES string of the molecule is CC(=O)N/C(=C\c1ccccc1)C(=O)OCC(=O)N(/N=C/c1ccccc1)c1cccc(C(F)(F)F)c1. The van der Waals surface area contributed by atoms with Crippen LogP contribution in [0.2, 0.25) is 0 Å². The molecule has 3 aromatic carbocycles. The number of halogens is 3. The second-order valence-corrected chi connectivity index (χ2v) is 7.63. The maximum atomic E-state index is 13.3. The van der Waals surface area contributed by atoms with Crippen LogP contribution in [-0.2, 0) is 25.3 Å². The third-order valence-electron chi connectivity index (χ3n) is 4.74. The lowest BCUT2D eigenvalue weighted by molar-refractivity contribution is -0.144. The smallest absolute Gasteiger partial charge is 0.416 e. The molecule has 37 heavy (non-hydrogen) atoms. The Kier molecular flexibility index (Phi) is 8.93. The van der Waals surface area contributed by atoms with Gasteiger partial charge in [0.2, 0.25) is 5.91 Å². The van der Waals surface area contributed by atoms with Crippen molar-refractivity contribution in [2.75, 3.05) is 11.6 Å². The summed E-state index contributed by atoms with van der Waals surface area (Å²) in [5.74, 6) is -2.46. The van der Waals surface area contributed by atoms with Crippen LogP contribution in [0.5, 0.6) is 0 Å². The van der Waals surface area contributed by atoms with E-state index in [0.29, 0.717) is 16.1 Å². The van der Waals surface area contributed by atoms with Crippen molar-refractivity contribution < 1.29 is 32.3 Å². The topological polar surface area (TPSA) is 88.1 Å². The molecule has 3 aromatic rings. The van der Waals surface area contributed by atoms with Crippen molar-refractivity contribution in [2.24, 2.45) is 5.10 Å². The van der Waals surface area contributed by atoms with Gasteiger partial charge in [0.15, 0.2) is 6.61 Å². The summed E-state index contributed by atoms with van der Waals surface area (Å²) in [6.45, 7) is 0.345. The summed E-state index contributed by atoms with van der Waals surface area (Å²) in [7, 11) is 0. The van der Waals surface area contributed by atoms with Gasteiger partial charge in [-0.1, -0.05) is 66.7 Å². The van der Waals surface area contributed by atoms with Crippen LogP contribution in [0.25, 0.3) is 6.08 Å². The van der Waals surface area contributed by atoms with Crippen LogP contribution >= 0.6 is 0 Å². The molecule has 0 fully saturated rings. The molecule has 0 aliphatic heterocycles. The molecule has 0 aliphatic carbocycles. The lowest BCUT2D eigenvalue weighted by Gasteiger charge is -2.19. The number of anilines is 1. The number of benzene rings is 3. The average molecular weight is 509 g/mol. The van der Waals surface area contributed by atoms with Crippen LogP contribution in [0.3, 0.4) is 0 Å². The van der Waals surface area contributed by atoms with Gasteiger partial charge in [-0.25, -0.2) is 4.79 Å². The Bertz CT molecular complexity index is 1310. The van der Waals surface area contributed by atoms with Crippen LogP contribution in [0.1, 0.15) is 23.6 Å². The number of hydrogen-bond acceptors (Lipinski definition) is 5. The van der Waals surface area contributed by atoms with E-state index < -0.39 is 36.1 Å². The first-order valence-electron chi connectivity index (χ1n) is 10.9. The van der Waals surface area contributed by atoms with E-state index in [1.165, 1.54) is 25.3 Å². The minimum atomic E-state index is -4.64. The maximum absolute atomic E-state index is 13.3. The third-order valence-corrected chi connectivity index (χ3v) is 4.74. The van der Waals surface area contributed by atoms with E-state index >= 15 is 0 Å². The van der Waals surface area contributed by atoms with E-state index in [9.17, 15) is 27.6 Å². The quantitative estimate of drug-likeness (QED) is 0.205. The van der Waals surface area contributed by atoms with Gasteiger partial charge in [-0.3, -0.25) is 9.59 Å². The fourth-order valence-electron chi connectivity index (χ4n) is 3.07. The average Bonchev–Trinajstić information content (AvgIpc) is 2.87. The molecule has 0 heterocycles. The lowest BCUT2D eigenvalue weighted by atomic mass is 10.2. The number of carbonyl (C=O) groups excluding carboxylic acids is 3. The van der Waals surface area contributed by atoms with Crippen LogP contribution in [0.15, 0.2) is 95.7 Å². The normalized spacial score (nSPS) is 11.7. The predicted molar refractivity (Wildman–Crippen MR) is 132 cm³/mol. The Balaban J connectivity index is 1.84. The number of rotatable bonds is 8. The zero-order valence-electron chi connectivity index (χ0n) is 19.6. The first kappa shape index (κ1) is 26.9. The minimum Gasteiger partial charge on any atom is -0.451 e. The summed E-state index contributed by atoms with van der Waals surface area (Å²) >= 11 is 0. The molecule has 2 amide bonds. The molecule has 0 bridgehead atoms. The first-order chi connectivity index (χ1) is 17.6. The summed E-state index contributed by atoms with van der Waals surface area (Å²) in [5, 5.41) is 7.11. The Morgan fingerprint density at radius 2 is 1.54 bits per heavy atom. The van der Waals surface area contributed by atoms with Crippen molar-refractivity contribution in [1.82, 2.24) is 5.32 Å². The molecule has 190 valence electrons. The van der Waals surface area contributed by atoms with E-state index in [1.807, 2.05) is 0 Å². The third kappa shape index (κ3) is 8.17. The largest absolute Gasteiger partial charge is 0.451 e. The molecule has 0 saturated heterocycles. The number of hydrazone groups is 1. The van der Waals surface area contributed by atoms with Gasteiger partial charge in [0.25, 0.3) is 5.91 Å². The van der Waals surface area contributed by atoms with Crippen molar-refractivity contribution in [3.05, 3.63) is 107 Å². The Hall–Kier alpha value is -4.73. The van der Waals surface area contributed by atoms with Crippen LogP contribution in [-0.4, -0.2) is 30.6 Å². The molecular weight excluding hydrogens is 487 g/mol. The molecule has 0 aromatic heterocycles. The van der Waals surface area contributed by atoms with Crippen molar-refractivity contribution >= 4 is 35.8 Å². The van der Waals surface area contributed by atoms with Crippen molar-refractivity contribution in [3.63, 3.8) is 0 Å². The van der Waals surface area contributed by atoms with Gasteiger partial charge in [0, 0.05) is 6.92 Å². The Morgan fingerprint density at radius 1 is 0.919 bits per heavy atom. The summed E-state index contributed by atoms with van der Waals surface area (Å²) in [4.78, 5) is 37.2. The number of esters is 1. The van der Waals surface area contributed by atoms with E-state index in [4.69, 9.17) is 4.74 Å². The molecule has 0 atom stereocenters. The van der Waals surface area contributed by atoms with Gasteiger partial charge in [0.05, 0.1) is 17.5 Å². The highest BCUT2D eigenvalue weighted by atomic mass is 19.4. The Morgan fingerprint density at radius 3 is 2.14 bits per heavy atom. The highest BCUT2D eigenvalue weighted by Crippen LogP contribution is 2.31. The van der Waals surface area contributed by atoms with Gasteiger partial charge in [-0.15, -0.1) is 0 Å². The lowest BCUT2D eigenvalue weighted by Crippen LogP contribution is -2.33. The molecular formula is C27H22F3N3O4. The number of ether oxygens (including phenoxy) is 1. The molecule has 3 rings (SSSR count). The zero-order chi connectivity index (χ0) is 26.8. The molecule has 0 saturated carbocycles. The van der Waals surface area contributed by atoms with E-state index in [1.54, 1.807) is 60.7 Å². The van der Waals surface area contributed by atoms with E-state index in [-0.39, 0.29) is 11.4 Å². The van der Waals surface area contributed by atoms with Gasteiger partial charge < -0.3 is 10.1 Å². The van der Waals surface area contributed by atoms with E-state index in [2.05, 4.69) is 10.4 Å². The summed E-state index contributed by atoms with van der Waals surface area (Å²) in [6, 6.07) is 21.2. The molecule has 0 radical (unpaired) electrons. The standard InChI is InChI=1S/C27H22F3N3O4/c1-19(34)32-24(15-20-9-4-2-5-10-20)26(36)37-18-25(35)33(31-17-21-11-6-3-7-12-21)23-14-8-13-22(16-23)27(28,29)30/h2-17H,18H2,1H3,(H,32,34)/b24-15-,31-17+. The van der Waals surface area contributed by atoms with Gasteiger partial charge in [-0.05, 0) is 35.4 Å². The summed E-state index contributed by atoms with van der Waals surface area (Å²) in [6.07, 6.45) is -1.99. The molecule has 0 unspecified atom stereocenters. The molecule has 1 N–H and O–H groups in total. The second-order valence-electron chi connectivity index (χ2n) is 7.63. The fourth-order valence-corrected chi connectivity index (χ4v) is 3.07. The van der Waals surface area contributed by atoms with Crippen LogP contribution in [0, 0.1) is 0 Å². The molecule has 7 nitrogen and oxygen atoms in total. The van der Waals surface area contributed by atoms with Crippen molar-refractivity contribution in [3.8, 4) is 0 Å². The second kappa shape index (κ2) is 12.3. The minimum absolute atomic E-state index is 0.176. The molecule has 0 aliphatic rings. The molecule has 10 heteroatoms. The van der Waals surface area contributed by atoms with Crippen molar-refractivity contribution in [1.29, 1.82) is 0 Å². The highest BCUT2D eigenvalue weighted by molar-refractivity contribution is 6.00.